The molecule has 0 radical (unpaired) electrons. The third-order valence-corrected chi connectivity index (χ3v) is 5.85. The molecule has 1 heterocycles. The maximum absolute atomic E-state index is 12.7. The molecule has 3 aromatic carbocycles. The van der Waals surface area contributed by atoms with Crippen LogP contribution in [0.15, 0.2) is 71.7 Å². The molecule has 5 heteroatoms. The van der Waals surface area contributed by atoms with E-state index in [1.54, 1.807) is 17.8 Å². The van der Waals surface area contributed by atoms with Gasteiger partial charge in [0.15, 0.2) is 11.0 Å². The highest BCUT2D eigenvalue weighted by Gasteiger charge is 2.09. The first-order chi connectivity index (χ1) is 14.7. The number of carbonyl (C=O) groups is 1. The van der Waals surface area contributed by atoms with Gasteiger partial charge in [-0.3, -0.25) is 9.79 Å². The minimum atomic E-state index is -0.0404. The molecular formula is C25H24N2O2S. The van der Waals surface area contributed by atoms with Crippen LogP contribution in [0.4, 0.5) is 5.69 Å². The highest BCUT2D eigenvalue weighted by molar-refractivity contribution is 8.14. The zero-order chi connectivity index (χ0) is 20.8. The van der Waals surface area contributed by atoms with Gasteiger partial charge in [-0.25, -0.2) is 0 Å². The predicted octanol–water partition coefficient (Wildman–Crippen LogP) is 6.04. The van der Waals surface area contributed by atoms with Gasteiger partial charge < -0.3 is 10.1 Å². The highest BCUT2D eigenvalue weighted by Crippen LogP contribution is 2.29. The van der Waals surface area contributed by atoms with E-state index >= 15 is 0 Å². The molecule has 0 atom stereocenters. The summed E-state index contributed by atoms with van der Waals surface area (Å²) in [5.74, 6) is 1.83. The minimum absolute atomic E-state index is 0.0404. The van der Waals surface area contributed by atoms with E-state index in [1.807, 2.05) is 61.5 Å². The maximum Gasteiger partial charge on any atom is 0.185 e. The first-order valence-electron chi connectivity index (χ1n) is 10.2. The van der Waals surface area contributed by atoms with Crippen molar-refractivity contribution in [2.45, 2.75) is 13.3 Å². The van der Waals surface area contributed by atoms with Crippen LogP contribution in [0.25, 0.3) is 16.8 Å². The first-order valence-corrected chi connectivity index (χ1v) is 11.1. The Labute approximate surface area is 181 Å². The number of benzene rings is 3. The quantitative estimate of drug-likeness (QED) is 0.393. The third kappa shape index (κ3) is 4.74. The Hall–Kier alpha value is -3.05. The van der Waals surface area contributed by atoms with Crippen molar-refractivity contribution in [1.29, 1.82) is 0 Å². The molecule has 1 aliphatic rings. The summed E-state index contributed by atoms with van der Waals surface area (Å²) in [6.45, 7) is 3.40. The summed E-state index contributed by atoms with van der Waals surface area (Å²) in [5, 5.41) is 6.44. The normalized spacial score (nSPS) is 14.0. The SMILES string of the molecule is CCOc1ccc2ccccc2c1/C=C/C(=O)c1ccc(NC2=NCCCS2)cc1. The Bertz CT molecular complexity index is 1100. The van der Waals surface area contributed by atoms with Gasteiger partial charge in [0, 0.05) is 29.1 Å². The Kier molecular flexibility index (Phi) is 6.50. The Morgan fingerprint density at radius 3 is 2.73 bits per heavy atom. The van der Waals surface area contributed by atoms with Crippen molar-refractivity contribution in [3.8, 4) is 5.75 Å². The molecule has 1 N–H and O–H groups in total. The van der Waals surface area contributed by atoms with Crippen LogP contribution in [0.3, 0.4) is 0 Å². The molecule has 0 saturated carbocycles. The number of nitrogens with zero attached hydrogens (tertiary/aromatic N) is 1. The number of carbonyl (C=O) groups excluding carboxylic acids is 1. The van der Waals surface area contributed by atoms with Gasteiger partial charge >= 0.3 is 0 Å². The van der Waals surface area contributed by atoms with E-state index in [9.17, 15) is 4.79 Å². The second kappa shape index (κ2) is 9.63. The summed E-state index contributed by atoms with van der Waals surface area (Å²) in [7, 11) is 0. The smallest absolute Gasteiger partial charge is 0.185 e. The molecule has 0 fully saturated rings. The summed E-state index contributed by atoms with van der Waals surface area (Å²) in [5.41, 5.74) is 2.51. The molecule has 0 saturated heterocycles. The molecule has 1 aliphatic heterocycles. The van der Waals surface area contributed by atoms with E-state index < -0.39 is 0 Å². The molecule has 4 rings (SSSR count). The number of anilines is 1. The van der Waals surface area contributed by atoms with Gasteiger partial charge in [-0.1, -0.05) is 42.1 Å². The summed E-state index contributed by atoms with van der Waals surface area (Å²) >= 11 is 1.73. The number of aliphatic imine (C=N–C) groups is 1. The average molecular weight is 417 g/mol. The molecule has 0 bridgehead atoms. The van der Waals surface area contributed by atoms with E-state index in [2.05, 4.69) is 22.4 Å². The summed E-state index contributed by atoms with van der Waals surface area (Å²) in [4.78, 5) is 17.2. The lowest BCUT2D eigenvalue weighted by atomic mass is 10.0. The fourth-order valence-corrected chi connectivity index (χ4v) is 4.20. The standard InChI is InChI=1S/C25H24N2O2S/c1-2-29-24-15-10-18-6-3-4-7-21(18)22(24)13-14-23(28)19-8-11-20(12-9-19)27-25-26-16-5-17-30-25/h3-4,6-15H,2,5,16-17H2,1H3,(H,26,27)/b14-13+. The fourth-order valence-electron chi connectivity index (χ4n) is 3.36. The number of nitrogens with one attached hydrogen (secondary N) is 1. The zero-order valence-electron chi connectivity index (χ0n) is 16.9. The van der Waals surface area contributed by atoms with Crippen molar-refractivity contribution in [3.63, 3.8) is 0 Å². The van der Waals surface area contributed by atoms with Gasteiger partial charge in [0.25, 0.3) is 0 Å². The lowest BCUT2D eigenvalue weighted by Gasteiger charge is -2.13. The Balaban J connectivity index is 1.53. The molecular weight excluding hydrogens is 392 g/mol. The number of amidine groups is 1. The number of allylic oxidation sites excluding steroid dienone is 1. The number of ether oxygens (including phenoxy) is 1. The molecule has 0 spiro atoms. The van der Waals surface area contributed by atoms with Crippen LogP contribution in [-0.2, 0) is 0 Å². The number of hydrogen-bond acceptors (Lipinski definition) is 5. The third-order valence-electron chi connectivity index (χ3n) is 4.85. The monoisotopic (exact) mass is 416 g/mol. The van der Waals surface area contributed by atoms with Crippen LogP contribution < -0.4 is 10.1 Å². The fraction of sp³-hybridized carbons (Fsp3) is 0.200. The van der Waals surface area contributed by atoms with Crippen molar-refractivity contribution < 1.29 is 9.53 Å². The molecule has 0 aromatic heterocycles. The minimum Gasteiger partial charge on any atom is -0.493 e. The van der Waals surface area contributed by atoms with Crippen molar-refractivity contribution in [3.05, 3.63) is 77.9 Å². The van der Waals surface area contributed by atoms with Gasteiger partial charge in [0.05, 0.1) is 6.61 Å². The van der Waals surface area contributed by atoms with Gasteiger partial charge in [-0.15, -0.1) is 0 Å². The zero-order valence-corrected chi connectivity index (χ0v) is 17.7. The number of fused-ring (bicyclic) bond motifs is 1. The van der Waals surface area contributed by atoms with Crippen molar-refractivity contribution in [2.24, 2.45) is 4.99 Å². The van der Waals surface area contributed by atoms with E-state index in [-0.39, 0.29) is 5.78 Å². The van der Waals surface area contributed by atoms with Gasteiger partial charge in [-0.2, -0.15) is 0 Å². The molecule has 3 aromatic rings. The van der Waals surface area contributed by atoms with Crippen LogP contribution in [0.5, 0.6) is 5.75 Å². The number of thioether (sulfide) groups is 1. The van der Waals surface area contributed by atoms with Gasteiger partial charge in [0.1, 0.15) is 5.75 Å². The number of rotatable bonds is 6. The molecule has 152 valence electrons. The van der Waals surface area contributed by atoms with Crippen molar-refractivity contribution in [1.82, 2.24) is 0 Å². The van der Waals surface area contributed by atoms with Crippen molar-refractivity contribution >= 4 is 45.2 Å². The molecule has 0 unspecified atom stereocenters. The second-order valence-electron chi connectivity index (χ2n) is 6.92. The van der Waals surface area contributed by atoms with Crippen LogP contribution in [0.2, 0.25) is 0 Å². The Morgan fingerprint density at radius 2 is 1.97 bits per heavy atom. The number of hydrogen-bond donors (Lipinski definition) is 1. The predicted molar refractivity (Wildman–Crippen MR) is 128 cm³/mol. The highest BCUT2D eigenvalue weighted by atomic mass is 32.2. The van der Waals surface area contributed by atoms with Gasteiger partial charge in [-0.05, 0) is 66.6 Å². The summed E-state index contributed by atoms with van der Waals surface area (Å²) in [6, 6.07) is 19.6. The molecule has 4 nitrogen and oxygen atoms in total. The lowest BCUT2D eigenvalue weighted by Crippen LogP contribution is -2.13. The topological polar surface area (TPSA) is 50.7 Å². The van der Waals surface area contributed by atoms with E-state index in [4.69, 9.17) is 4.74 Å². The van der Waals surface area contributed by atoms with E-state index in [0.29, 0.717) is 12.2 Å². The van der Waals surface area contributed by atoms with E-state index in [1.165, 1.54) is 0 Å². The Morgan fingerprint density at radius 1 is 1.13 bits per heavy atom. The first kappa shape index (κ1) is 20.2. The molecule has 0 aliphatic carbocycles. The largest absolute Gasteiger partial charge is 0.493 e. The molecule has 0 amide bonds. The van der Waals surface area contributed by atoms with Gasteiger partial charge in [0.2, 0.25) is 0 Å². The summed E-state index contributed by atoms with van der Waals surface area (Å²) < 4.78 is 5.79. The van der Waals surface area contributed by atoms with Crippen LogP contribution in [0, 0.1) is 0 Å². The second-order valence-corrected chi connectivity index (χ2v) is 8.00. The maximum atomic E-state index is 12.7. The lowest BCUT2D eigenvalue weighted by molar-refractivity contribution is 0.104. The average Bonchev–Trinajstić information content (AvgIpc) is 2.79. The van der Waals surface area contributed by atoms with Crippen LogP contribution in [-0.4, -0.2) is 29.9 Å². The van der Waals surface area contributed by atoms with Crippen molar-refractivity contribution in [2.75, 3.05) is 24.2 Å². The molecule has 30 heavy (non-hydrogen) atoms. The van der Waals surface area contributed by atoms with Crippen LogP contribution >= 0.6 is 11.8 Å². The van der Waals surface area contributed by atoms with E-state index in [0.717, 1.165) is 51.7 Å². The van der Waals surface area contributed by atoms with Crippen LogP contribution in [0.1, 0.15) is 29.3 Å². The summed E-state index contributed by atoms with van der Waals surface area (Å²) in [6.07, 6.45) is 4.60. The number of ketones is 1.